The average molecular weight is 215 g/mol. The van der Waals surface area contributed by atoms with Gasteiger partial charge in [0.05, 0.1) is 26.4 Å². The maximum Gasteiger partial charge on any atom is 0.153 e. The molecule has 0 amide bonds. The molecule has 7 nitrogen and oxygen atoms in total. The van der Waals surface area contributed by atoms with Gasteiger partial charge in [0.15, 0.2) is 5.82 Å². The van der Waals surface area contributed by atoms with Crippen molar-refractivity contribution in [2.24, 2.45) is 5.73 Å². The second-order valence-corrected chi connectivity index (χ2v) is 2.96. The van der Waals surface area contributed by atoms with Crippen molar-refractivity contribution in [3.05, 3.63) is 5.82 Å². The average Bonchev–Trinajstić information content (AvgIpc) is 2.66. The number of hydrogen-bond acceptors (Lipinski definition) is 6. The lowest BCUT2D eigenvalue weighted by Gasteiger charge is -2.03. The van der Waals surface area contributed by atoms with Gasteiger partial charge in [-0.2, -0.15) is 0 Å². The van der Waals surface area contributed by atoms with E-state index in [1.165, 1.54) is 0 Å². The molecule has 0 aliphatic carbocycles. The second kappa shape index (κ2) is 7.27. The molecule has 0 bridgehead atoms. The van der Waals surface area contributed by atoms with E-state index in [0.29, 0.717) is 39.3 Å². The van der Waals surface area contributed by atoms with Gasteiger partial charge in [-0.15, -0.1) is 5.10 Å². The lowest BCUT2D eigenvalue weighted by Crippen LogP contribution is -2.15. The van der Waals surface area contributed by atoms with Gasteiger partial charge in [-0.05, 0) is 10.4 Å². The molecule has 0 aliphatic heterocycles. The van der Waals surface area contributed by atoms with E-state index in [9.17, 15) is 0 Å². The Morgan fingerprint density at radius 3 is 2.93 bits per heavy atom. The van der Waals surface area contributed by atoms with Gasteiger partial charge in [0, 0.05) is 20.1 Å². The zero-order chi connectivity index (χ0) is 10.9. The van der Waals surface area contributed by atoms with E-state index in [1.54, 1.807) is 11.8 Å². The Morgan fingerprint density at radius 1 is 1.33 bits per heavy atom. The van der Waals surface area contributed by atoms with E-state index in [2.05, 4.69) is 15.5 Å². The van der Waals surface area contributed by atoms with E-state index in [-0.39, 0.29) is 0 Å². The fourth-order valence-corrected chi connectivity index (χ4v) is 1.11. The Balaban J connectivity index is 2.21. The number of ether oxygens (including phenoxy) is 2. The minimum atomic E-state index is 0.530. The summed E-state index contributed by atoms with van der Waals surface area (Å²) < 4.78 is 11.9. The van der Waals surface area contributed by atoms with Gasteiger partial charge in [-0.25, -0.2) is 4.68 Å². The van der Waals surface area contributed by atoms with Crippen LogP contribution in [0.1, 0.15) is 5.82 Å². The third-order valence-electron chi connectivity index (χ3n) is 1.85. The molecule has 7 heteroatoms. The normalized spacial score (nSPS) is 10.8. The molecule has 0 unspecified atom stereocenters. The van der Waals surface area contributed by atoms with Crippen molar-refractivity contribution in [2.75, 3.05) is 33.5 Å². The lowest BCUT2D eigenvalue weighted by molar-refractivity contribution is 0.0713. The highest BCUT2D eigenvalue weighted by Crippen LogP contribution is 1.93. The molecule has 0 fully saturated rings. The smallest absolute Gasteiger partial charge is 0.153 e. The molecule has 15 heavy (non-hydrogen) atoms. The monoisotopic (exact) mass is 215 g/mol. The van der Waals surface area contributed by atoms with Crippen LogP contribution >= 0.6 is 0 Å². The summed E-state index contributed by atoms with van der Waals surface area (Å²) in [5.74, 6) is 0.804. The van der Waals surface area contributed by atoms with Crippen molar-refractivity contribution in [3.63, 3.8) is 0 Å². The zero-order valence-corrected chi connectivity index (χ0v) is 8.93. The predicted molar refractivity (Wildman–Crippen MR) is 53.3 cm³/mol. The quantitative estimate of drug-likeness (QED) is 0.550. The standard InChI is InChI=1S/C8H17N5O2/c1-14-6-7-15-5-2-8-10-11-12-13(8)4-3-9/h2-7,9H2,1H3. The Kier molecular flexibility index (Phi) is 5.83. The molecule has 86 valence electrons. The van der Waals surface area contributed by atoms with Gasteiger partial charge in [-0.1, -0.05) is 0 Å². The minimum Gasteiger partial charge on any atom is -0.382 e. The molecule has 0 aliphatic rings. The van der Waals surface area contributed by atoms with Crippen molar-refractivity contribution in [2.45, 2.75) is 13.0 Å². The van der Waals surface area contributed by atoms with Crippen LogP contribution in [-0.4, -0.2) is 53.7 Å². The Morgan fingerprint density at radius 2 is 2.20 bits per heavy atom. The molecule has 0 saturated heterocycles. The molecule has 1 rings (SSSR count). The summed E-state index contributed by atoms with van der Waals surface area (Å²) >= 11 is 0. The number of hydrogen-bond donors (Lipinski definition) is 1. The van der Waals surface area contributed by atoms with Crippen LogP contribution in [0.15, 0.2) is 0 Å². The van der Waals surface area contributed by atoms with Crippen LogP contribution in [0.3, 0.4) is 0 Å². The topological polar surface area (TPSA) is 88.1 Å². The number of tetrazole rings is 1. The van der Waals surface area contributed by atoms with Crippen LogP contribution in [0.2, 0.25) is 0 Å². The van der Waals surface area contributed by atoms with Crippen LogP contribution in [0, 0.1) is 0 Å². The maximum atomic E-state index is 5.42. The van der Waals surface area contributed by atoms with Gasteiger partial charge < -0.3 is 15.2 Å². The molecule has 0 saturated carbocycles. The summed E-state index contributed by atoms with van der Waals surface area (Å²) in [7, 11) is 1.64. The highest BCUT2D eigenvalue weighted by Gasteiger charge is 2.04. The summed E-state index contributed by atoms with van der Waals surface area (Å²) in [4.78, 5) is 0. The highest BCUT2D eigenvalue weighted by atomic mass is 16.5. The minimum absolute atomic E-state index is 0.530. The summed E-state index contributed by atoms with van der Waals surface area (Å²) in [6.45, 7) is 2.96. The van der Waals surface area contributed by atoms with E-state index >= 15 is 0 Å². The van der Waals surface area contributed by atoms with Crippen LogP contribution in [0.5, 0.6) is 0 Å². The number of nitrogens with two attached hydrogens (primary N) is 1. The predicted octanol–water partition coefficient (Wildman–Crippen LogP) is -1.16. The molecule has 1 aromatic rings. The van der Waals surface area contributed by atoms with Crippen LogP contribution in [0.25, 0.3) is 0 Å². The van der Waals surface area contributed by atoms with E-state index in [4.69, 9.17) is 15.2 Å². The molecule has 0 aromatic carbocycles. The molecule has 1 aromatic heterocycles. The van der Waals surface area contributed by atoms with E-state index in [1.807, 2.05) is 0 Å². The Bertz CT molecular complexity index is 265. The van der Waals surface area contributed by atoms with Crippen LogP contribution < -0.4 is 5.73 Å². The maximum absolute atomic E-state index is 5.42. The van der Waals surface area contributed by atoms with Crippen molar-refractivity contribution in [1.29, 1.82) is 0 Å². The summed E-state index contributed by atoms with van der Waals surface area (Å²) in [5, 5.41) is 11.3. The van der Waals surface area contributed by atoms with Gasteiger partial charge in [0.1, 0.15) is 0 Å². The highest BCUT2D eigenvalue weighted by molar-refractivity contribution is 4.80. The summed E-state index contributed by atoms with van der Waals surface area (Å²) in [6.07, 6.45) is 0.691. The van der Waals surface area contributed by atoms with E-state index in [0.717, 1.165) is 5.82 Å². The third-order valence-corrected chi connectivity index (χ3v) is 1.85. The zero-order valence-electron chi connectivity index (χ0n) is 8.93. The van der Waals surface area contributed by atoms with Crippen molar-refractivity contribution < 1.29 is 9.47 Å². The number of nitrogens with zero attached hydrogens (tertiary/aromatic N) is 4. The molecular formula is C8H17N5O2. The SMILES string of the molecule is COCCOCCc1nnnn1CCN. The van der Waals surface area contributed by atoms with Crippen molar-refractivity contribution in [1.82, 2.24) is 20.2 Å². The first kappa shape index (κ1) is 12.0. The first-order valence-corrected chi connectivity index (χ1v) is 4.90. The van der Waals surface area contributed by atoms with Crippen LogP contribution in [-0.2, 0) is 22.4 Å². The fourth-order valence-electron chi connectivity index (χ4n) is 1.11. The van der Waals surface area contributed by atoms with Gasteiger partial charge in [-0.3, -0.25) is 0 Å². The van der Waals surface area contributed by atoms with Crippen molar-refractivity contribution >= 4 is 0 Å². The van der Waals surface area contributed by atoms with Gasteiger partial charge >= 0.3 is 0 Å². The molecule has 2 N–H and O–H groups in total. The first-order valence-electron chi connectivity index (χ1n) is 4.90. The molecule has 0 atom stereocenters. The Hall–Kier alpha value is -1.05. The van der Waals surface area contributed by atoms with Gasteiger partial charge in [0.25, 0.3) is 0 Å². The fraction of sp³-hybridized carbons (Fsp3) is 0.875. The molecular weight excluding hydrogens is 198 g/mol. The lowest BCUT2D eigenvalue weighted by atomic mass is 10.4. The molecule has 0 spiro atoms. The van der Waals surface area contributed by atoms with Gasteiger partial charge in [0.2, 0.25) is 0 Å². The van der Waals surface area contributed by atoms with E-state index < -0.39 is 0 Å². The van der Waals surface area contributed by atoms with Crippen molar-refractivity contribution in [3.8, 4) is 0 Å². The second-order valence-electron chi connectivity index (χ2n) is 2.96. The number of methoxy groups -OCH3 is 1. The molecule has 1 heterocycles. The van der Waals surface area contributed by atoms with Crippen LogP contribution in [0.4, 0.5) is 0 Å². The summed E-state index contributed by atoms with van der Waals surface area (Å²) in [6, 6.07) is 0. The third kappa shape index (κ3) is 4.32. The summed E-state index contributed by atoms with van der Waals surface area (Å²) in [5.41, 5.74) is 5.42. The first-order chi connectivity index (χ1) is 7.38. The largest absolute Gasteiger partial charge is 0.382 e. The Labute approximate surface area is 88.5 Å². The number of aromatic nitrogens is 4. The molecule has 0 radical (unpaired) electrons. The number of rotatable bonds is 8.